The van der Waals surface area contributed by atoms with E-state index in [2.05, 4.69) is 0 Å². The minimum absolute atomic E-state index is 0.302. The fraction of sp³-hybridized carbons (Fsp3) is 0.588. The van der Waals surface area contributed by atoms with Gasteiger partial charge in [-0.2, -0.15) is 0 Å². The van der Waals surface area contributed by atoms with E-state index in [9.17, 15) is 4.79 Å². The number of nitrogens with two attached hydrogens (primary N) is 1. The number of aryl methyl sites for hydroxylation is 1. The topological polar surface area (TPSA) is 89.2 Å². The molecule has 0 unspecified atom stereocenters. The Bertz CT molecular complexity index is 508. The molecule has 0 fully saturated rings. The molecule has 0 bridgehead atoms. The van der Waals surface area contributed by atoms with Gasteiger partial charge in [0, 0.05) is 6.42 Å². The summed E-state index contributed by atoms with van der Waals surface area (Å²) in [5.74, 6) is 0.954. The van der Waals surface area contributed by atoms with E-state index in [1.807, 2.05) is 18.2 Å². The Morgan fingerprint density at radius 1 is 0.833 bits per heavy atom. The zero-order chi connectivity index (χ0) is 17.0. The lowest BCUT2D eigenvalue weighted by molar-refractivity contribution is -0.117. The average molecular weight is 339 g/mol. The second-order valence-corrected chi connectivity index (χ2v) is 5.28. The maximum Gasteiger partial charge on any atom is 0.217 e. The van der Waals surface area contributed by atoms with Gasteiger partial charge in [-0.25, -0.2) is 0 Å². The van der Waals surface area contributed by atoms with E-state index in [1.54, 1.807) is 0 Å². The number of ether oxygens (including phenoxy) is 5. The van der Waals surface area contributed by atoms with Crippen LogP contribution in [0.15, 0.2) is 18.2 Å². The van der Waals surface area contributed by atoms with Crippen molar-refractivity contribution in [2.24, 2.45) is 5.73 Å². The molecule has 1 aliphatic heterocycles. The molecule has 1 aliphatic rings. The Labute approximate surface area is 142 Å². The number of carbonyl (C=O) groups excluding carboxylic acids is 1. The van der Waals surface area contributed by atoms with Crippen LogP contribution in [0.1, 0.15) is 12.0 Å². The first-order chi connectivity index (χ1) is 11.8. The van der Waals surface area contributed by atoms with Crippen molar-refractivity contribution < 1.29 is 28.5 Å². The average Bonchev–Trinajstić information content (AvgIpc) is 2.58. The van der Waals surface area contributed by atoms with Crippen molar-refractivity contribution in [3.05, 3.63) is 23.8 Å². The number of fused-ring (bicyclic) bond motifs is 1. The highest BCUT2D eigenvalue weighted by Gasteiger charge is 2.09. The lowest BCUT2D eigenvalue weighted by Crippen LogP contribution is -2.13. The van der Waals surface area contributed by atoms with Gasteiger partial charge in [0.1, 0.15) is 13.2 Å². The largest absolute Gasteiger partial charge is 0.487 e. The molecule has 0 aromatic heterocycles. The molecule has 7 heteroatoms. The van der Waals surface area contributed by atoms with Crippen molar-refractivity contribution in [2.45, 2.75) is 12.8 Å². The fourth-order valence-corrected chi connectivity index (χ4v) is 2.17. The SMILES string of the molecule is NC(=O)CCc1ccc2c(c1)OCCOCCOCCOCCO2. The van der Waals surface area contributed by atoms with Gasteiger partial charge in [-0.3, -0.25) is 4.79 Å². The number of amides is 1. The monoisotopic (exact) mass is 339 g/mol. The molecule has 0 radical (unpaired) electrons. The summed E-state index contributed by atoms with van der Waals surface area (Å²) in [5.41, 5.74) is 6.17. The standard InChI is InChI=1S/C17H25NO6/c18-17(19)4-2-14-1-3-15-16(13-14)24-12-10-22-8-6-20-5-7-21-9-11-23-15/h1,3,13H,2,4-12H2,(H2,18,19). The smallest absolute Gasteiger partial charge is 0.217 e. The van der Waals surface area contributed by atoms with E-state index in [1.165, 1.54) is 0 Å². The molecule has 134 valence electrons. The van der Waals surface area contributed by atoms with Crippen molar-refractivity contribution in [1.29, 1.82) is 0 Å². The van der Waals surface area contributed by atoms with Crippen LogP contribution in [0.25, 0.3) is 0 Å². The van der Waals surface area contributed by atoms with Crippen LogP contribution >= 0.6 is 0 Å². The zero-order valence-electron chi connectivity index (χ0n) is 13.8. The number of carbonyl (C=O) groups is 1. The molecule has 0 saturated carbocycles. The number of primary amides is 1. The van der Waals surface area contributed by atoms with E-state index in [0.29, 0.717) is 77.2 Å². The van der Waals surface area contributed by atoms with E-state index >= 15 is 0 Å². The van der Waals surface area contributed by atoms with Crippen LogP contribution in [0.5, 0.6) is 11.5 Å². The summed E-state index contributed by atoms with van der Waals surface area (Å²) in [7, 11) is 0. The zero-order valence-corrected chi connectivity index (χ0v) is 13.8. The summed E-state index contributed by atoms with van der Waals surface area (Å²) in [6.07, 6.45) is 0.875. The van der Waals surface area contributed by atoms with Crippen molar-refractivity contribution in [1.82, 2.24) is 0 Å². The van der Waals surface area contributed by atoms with Gasteiger partial charge in [0.15, 0.2) is 11.5 Å². The molecule has 1 aromatic carbocycles. The van der Waals surface area contributed by atoms with Crippen molar-refractivity contribution >= 4 is 5.91 Å². The first-order valence-electron chi connectivity index (χ1n) is 8.16. The molecule has 0 saturated heterocycles. The summed E-state index contributed by atoms with van der Waals surface area (Å²) in [4.78, 5) is 10.9. The summed E-state index contributed by atoms with van der Waals surface area (Å²) in [6, 6.07) is 5.62. The Balaban J connectivity index is 1.98. The van der Waals surface area contributed by atoms with Gasteiger partial charge < -0.3 is 29.4 Å². The summed E-state index contributed by atoms with van der Waals surface area (Å²) in [6.45, 7) is 3.89. The van der Waals surface area contributed by atoms with E-state index in [4.69, 9.17) is 29.4 Å². The molecule has 7 nitrogen and oxygen atoms in total. The van der Waals surface area contributed by atoms with Gasteiger partial charge in [-0.15, -0.1) is 0 Å². The molecule has 0 atom stereocenters. The highest BCUT2D eigenvalue weighted by Crippen LogP contribution is 2.29. The fourth-order valence-electron chi connectivity index (χ4n) is 2.17. The first-order valence-corrected chi connectivity index (χ1v) is 8.16. The number of hydrogen-bond donors (Lipinski definition) is 1. The second kappa shape index (κ2) is 10.9. The summed E-state index contributed by atoms with van der Waals surface area (Å²) >= 11 is 0. The van der Waals surface area contributed by atoms with Crippen LogP contribution in [-0.4, -0.2) is 58.8 Å². The van der Waals surface area contributed by atoms with Crippen molar-refractivity contribution in [2.75, 3.05) is 52.9 Å². The lowest BCUT2D eigenvalue weighted by atomic mass is 10.1. The van der Waals surface area contributed by atoms with Gasteiger partial charge in [0.2, 0.25) is 5.91 Å². The predicted molar refractivity (Wildman–Crippen MR) is 87.4 cm³/mol. The number of hydrogen-bond acceptors (Lipinski definition) is 6. The molecule has 1 aromatic rings. The van der Waals surface area contributed by atoms with Gasteiger partial charge in [0.05, 0.1) is 39.6 Å². The molecule has 0 aliphatic carbocycles. The van der Waals surface area contributed by atoms with Crippen LogP contribution in [0.3, 0.4) is 0 Å². The number of benzene rings is 1. The quantitative estimate of drug-likeness (QED) is 0.881. The van der Waals surface area contributed by atoms with Crippen LogP contribution in [-0.2, 0) is 25.4 Å². The third-order valence-electron chi connectivity index (χ3n) is 3.38. The molecule has 0 spiro atoms. The highest BCUT2D eigenvalue weighted by molar-refractivity contribution is 5.74. The van der Waals surface area contributed by atoms with Gasteiger partial charge in [-0.05, 0) is 24.1 Å². The Morgan fingerprint density at radius 2 is 1.38 bits per heavy atom. The Morgan fingerprint density at radius 3 is 1.96 bits per heavy atom. The van der Waals surface area contributed by atoms with Crippen molar-refractivity contribution in [3.8, 4) is 11.5 Å². The van der Waals surface area contributed by atoms with E-state index < -0.39 is 0 Å². The molecule has 1 amide bonds. The maximum atomic E-state index is 10.9. The predicted octanol–water partition coefficient (Wildman–Crippen LogP) is 0.925. The van der Waals surface area contributed by atoms with Gasteiger partial charge in [0.25, 0.3) is 0 Å². The summed E-state index contributed by atoms with van der Waals surface area (Å²) < 4.78 is 27.7. The molecule has 24 heavy (non-hydrogen) atoms. The second-order valence-electron chi connectivity index (χ2n) is 5.28. The Hall–Kier alpha value is -1.83. The first kappa shape index (κ1) is 18.5. The maximum absolute atomic E-state index is 10.9. The van der Waals surface area contributed by atoms with Gasteiger partial charge in [-0.1, -0.05) is 6.07 Å². The number of rotatable bonds is 3. The third kappa shape index (κ3) is 7.16. The lowest BCUT2D eigenvalue weighted by Gasteiger charge is -2.14. The minimum Gasteiger partial charge on any atom is -0.487 e. The third-order valence-corrected chi connectivity index (χ3v) is 3.38. The van der Waals surface area contributed by atoms with Crippen LogP contribution in [0, 0.1) is 0 Å². The minimum atomic E-state index is -0.323. The van der Waals surface area contributed by atoms with Crippen LogP contribution in [0.2, 0.25) is 0 Å². The highest BCUT2D eigenvalue weighted by atomic mass is 16.6. The Kier molecular flexibility index (Phi) is 8.37. The van der Waals surface area contributed by atoms with E-state index in [-0.39, 0.29) is 5.91 Å². The van der Waals surface area contributed by atoms with Crippen LogP contribution < -0.4 is 15.2 Å². The normalized spacial score (nSPS) is 17.5. The molecule has 2 N–H and O–H groups in total. The van der Waals surface area contributed by atoms with E-state index in [0.717, 1.165) is 5.56 Å². The molecular formula is C17H25NO6. The van der Waals surface area contributed by atoms with Gasteiger partial charge >= 0.3 is 0 Å². The molecule has 1 heterocycles. The van der Waals surface area contributed by atoms with Crippen LogP contribution in [0.4, 0.5) is 0 Å². The molecular weight excluding hydrogens is 314 g/mol. The summed E-state index contributed by atoms with van der Waals surface area (Å²) in [5, 5.41) is 0. The molecule has 2 rings (SSSR count). The van der Waals surface area contributed by atoms with Crippen molar-refractivity contribution in [3.63, 3.8) is 0 Å².